The minimum atomic E-state index is 0.0102. The van der Waals surface area contributed by atoms with E-state index < -0.39 is 0 Å². The summed E-state index contributed by atoms with van der Waals surface area (Å²) < 4.78 is 13.1. The van der Waals surface area contributed by atoms with Crippen molar-refractivity contribution in [2.45, 2.75) is 39.8 Å². The molecule has 2 aromatic carbocycles. The van der Waals surface area contributed by atoms with Crippen LogP contribution in [-0.2, 0) is 17.9 Å². The minimum absolute atomic E-state index is 0.0102. The lowest BCUT2D eigenvalue weighted by molar-refractivity contribution is -0.125. The third kappa shape index (κ3) is 6.93. The van der Waals surface area contributed by atoms with E-state index in [1.165, 1.54) is 0 Å². The van der Waals surface area contributed by atoms with Crippen molar-refractivity contribution in [1.29, 1.82) is 0 Å². The molecule has 2 aromatic heterocycles. The summed E-state index contributed by atoms with van der Waals surface area (Å²) in [7, 11) is 0. The van der Waals surface area contributed by atoms with Crippen LogP contribution < -0.4 is 25.0 Å². The van der Waals surface area contributed by atoms with Crippen molar-refractivity contribution in [3.05, 3.63) is 78.1 Å². The van der Waals surface area contributed by atoms with Crippen molar-refractivity contribution in [2.24, 2.45) is 5.92 Å². The molecule has 3 heterocycles. The Labute approximate surface area is 239 Å². The molecule has 1 aliphatic heterocycles. The molecule has 1 aliphatic rings. The maximum Gasteiger partial charge on any atom is 0.223 e. The van der Waals surface area contributed by atoms with Gasteiger partial charge < -0.3 is 25.0 Å². The summed E-state index contributed by atoms with van der Waals surface area (Å²) in [4.78, 5) is 15.0. The fraction of sp³-hybridized carbons (Fsp3) is 0.367. The summed E-state index contributed by atoms with van der Waals surface area (Å²) in [5, 5.41) is 17.2. The van der Waals surface area contributed by atoms with E-state index in [0.29, 0.717) is 26.3 Å². The van der Waals surface area contributed by atoms with E-state index in [4.69, 9.17) is 9.47 Å². The van der Waals surface area contributed by atoms with E-state index in [0.717, 1.165) is 64.6 Å². The Morgan fingerprint density at radius 3 is 2.23 bits per heavy atom. The van der Waals surface area contributed by atoms with Crippen molar-refractivity contribution in [3.8, 4) is 16.6 Å². The Morgan fingerprint density at radius 2 is 1.55 bits per heavy atom. The molecule has 0 spiro atoms. The number of nitrogens with zero attached hydrogens (tertiary/aromatic N) is 4. The molecule has 9 nitrogen and oxygen atoms in total. The first kappa shape index (κ1) is 27.5. The molecular formula is C30H36N6O3S. The number of hydrogen-bond donors (Lipinski definition) is 2. The molecule has 10 heteroatoms. The summed E-state index contributed by atoms with van der Waals surface area (Å²) in [6, 6.07) is 19.9. The lowest BCUT2D eigenvalue weighted by atomic mass is 9.96. The van der Waals surface area contributed by atoms with Crippen LogP contribution >= 0.6 is 11.3 Å². The number of aromatic nitrogens is 3. The van der Waals surface area contributed by atoms with E-state index in [1.807, 2.05) is 74.6 Å². The normalized spacial score (nSPS) is 13.7. The van der Waals surface area contributed by atoms with Gasteiger partial charge in [-0.3, -0.25) is 9.36 Å². The van der Waals surface area contributed by atoms with Crippen LogP contribution in [0.15, 0.2) is 66.9 Å². The van der Waals surface area contributed by atoms with Crippen LogP contribution in [-0.4, -0.2) is 47.0 Å². The quantitative estimate of drug-likeness (QED) is 0.244. The second-order valence-electron chi connectivity index (χ2n) is 9.60. The van der Waals surface area contributed by atoms with Crippen LogP contribution in [0.25, 0.3) is 5.13 Å². The van der Waals surface area contributed by atoms with Gasteiger partial charge in [0.15, 0.2) is 0 Å². The van der Waals surface area contributed by atoms with Gasteiger partial charge in [0.25, 0.3) is 0 Å². The molecule has 210 valence electrons. The van der Waals surface area contributed by atoms with Crippen molar-refractivity contribution >= 4 is 28.1 Å². The Bertz CT molecular complexity index is 1360. The van der Waals surface area contributed by atoms with Gasteiger partial charge in [-0.1, -0.05) is 23.5 Å². The Balaban J connectivity index is 1.11. The molecule has 4 aromatic rings. The Hall–Kier alpha value is -4.05. The summed E-state index contributed by atoms with van der Waals surface area (Å²) in [5.74, 6) is 1.84. The van der Waals surface area contributed by atoms with Gasteiger partial charge in [-0.2, -0.15) is 0 Å². The molecule has 0 bridgehead atoms. The van der Waals surface area contributed by atoms with Crippen LogP contribution in [0.2, 0.25) is 0 Å². The minimum Gasteiger partial charge on any atom is -0.494 e. The van der Waals surface area contributed by atoms with Gasteiger partial charge >= 0.3 is 0 Å². The van der Waals surface area contributed by atoms with Gasteiger partial charge in [-0.05, 0) is 80.8 Å². The summed E-state index contributed by atoms with van der Waals surface area (Å²) in [6.45, 7) is 8.00. The SMILES string of the molecule is CCOc1ccc(CNC(=O)C2CCN(c3nnc(-n4cccc4CNc4ccc(OCC)cc4)s3)CC2)cc1. The number of rotatable bonds is 12. The summed E-state index contributed by atoms with van der Waals surface area (Å²) >= 11 is 1.57. The molecule has 1 saturated heterocycles. The number of carbonyl (C=O) groups is 1. The third-order valence-corrected chi connectivity index (χ3v) is 7.90. The van der Waals surface area contributed by atoms with Gasteiger partial charge in [0.05, 0.1) is 19.8 Å². The molecule has 2 N–H and O–H groups in total. The average Bonchev–Trinajstić information content (AvgIpc) is 3.67. The maximum atomic E-state index is 12.8. The fourth-order valence-corrected chi connectivity index (χ4v) is 5.66. The van der Waals surface area contributed by atoms with Gasteiger partial charge in [-0.25, -0.2) is 0 Å². The predicted molar refractivity (Wildman–Crippen MR) is 159 cm³/mol. The van der Waals surface area contributed by atoms with Crippen LogP contribution in [0, 0.1) is 5.92 Å². The van der Waals surface area contributed by atoms with Gasteiger partial charge in [0, 0.05) is 43.1 Å². The highest BCUT2D eigenvalue weighted by Crippen LogP contribution is 2.29. The molecule has 0 unspecified atom stereocenters. The smallest absolute Gasteiger partial charge is 0.223 e. The number of amides is 1. The summed E-state index contributed by atoms with van der Waals surface area (Å²) in [6.07, 6.45) is 3.61. The molecule has 0 saturated carbocycles. The number of carbonyl (C=O) groups excluding carboxylic acids is 1. The molecule has 0 atom stereocenters. The molecule has 1 fully saturated rings. The molecular weight excluding hydrogens is 524 g/mol. The predicted octanol–water partition coefficient (Wildman–Crippen LogP) is 5.27. The summed E-state index contributed by atoms with van der Waals surface area (Å²) in [5.41, 5.74) is 3.19. The highest BCUT2D eigenvalue weighted by molar-refractivity contribution is 7.17. The highest BCUT2D eigenvalue weighted by Gasteiger charge is 2.26. The average molecular weight is 561 g/mol. The lowest BCUT2D eigenvalue weighted by Crippen LogP contribution is -2.40. The second-order valence-corrected chi connectivity index (χ2v) is 10.5. The second kappa shape index (κ2) is 13.3. The van der Waals surface area contributed by atoms with Gasteiger partial charge in [0.1, 0.15) is 11.5 Å². The number of piperidine rings is 1. The Kier molecular flexibility index (Phi) is 9.18. The Morgan fingerprint density at radius 1 is 0.900 bits per heavy atom. The number of anilines is 2. The van der Waals surface area contributed by atoms with Gasteiger partial charge in [-0.15, -0.1) is 10.2 Å². The first-order chi connectivity index (χ1) is 19.6. The third-order valence-electron chi connectivity index (χ3n) is 6.92. The van der Waals surface area contributed by atoms with Crippen LogP contribution in [0.3, 0.4) is 0 Å². The first-order valence-corrected chi connectivity index (χ1v) is 14.7. The molecule has 0 aliphatic carbocycles. The molecule has 5 rings (SSSR count). The molecule has 0 radical (unpaired) electrons. The van der Waals surface area contributed by atoms with Gasteiger partial charge in [0.2, 0.25) is 16.2 Å². The zero-order valence-electron chi connectivity index (χ0n) is 23.0. The van der Waals surface area contributed by atoms with E-state index in [2.05, 4.69) is 36.4 Å². The van der Waals surface area contributed by atoms with Crippen LogP contribution in [0.1, 0.15) is 37.9 Å². The monoisotopic (exact) mass is 560 g/mol. The first-order valence-electron chi connectivity index (χ1n) is 13.8. The van der Waals surface area contributed by atoms with Crippen molar-refractivity contribution in [1.82, 2.24) is 20.1 Å². The molecule has 1 amide bonds. The van der Waals surface area contributed by atoms with Crippen molar-refractivity contribution < 1.29 is 14.3 Å². The van der Waals surface area contributed by atoms with Crippen LogP contribution in [0.5, 0.6) is 11.5 Å². The lowest BCUT2D eigenvalue weighted by Gasteiger charge is -2.30. The number of nitrogens with one attached hydrogen (secondary N) is 2. The number of hydrogen-bond acceptors (Lipinski definition) is 8. The zero-order chi connectivity index (χ0) is 27.7. The highest BCUT2D eigenvalue weighted by atomic mass is 32.1. The largest absolute Gasteiger partial charge is 0.494 e. The molecule has 40 heavy (non-hydrogen) atoms. The van der Waals surface area contributed by atoms with Crippen molar-refractivity contribution in [3.63, 3.8) is 0 Å². The number of ether oxygens (including phenoxy) is 2. The maximum absolute atomic E-state index is 12.8. The topological polar surface area (TPSA) is 93.5 Å². The standard InChI is InChI=1S/C30H36N6O3S/c1-3-38-26-11-7-22(8-12-26)20-32-28(37)23-15-18-35(19-16-23)29-33-34-30(40-29)36-17-5-6-25(36)21-31-24-9-13-27(14-10-24)39-4-2/h5-14,17,23,31H,3-4,15-16,18-21H2,1-2H3,(H,32,37). The number of benzene rings is 2. The van der Waals surface area contributed by atoms with E-state index >= 15 is 0 Å². The zero-order valence-corrected chi connectivity index (χ0v) is 23.8. The van der Waals surface area contributed by atoms with Crippen molar-refractivity contribution in [2.75, 3.05) is 36.5 Å². The van der Waals surface area contributed by atoms with E-state index in [-0.39, 0.29) is 11.8 Å². The van der Waals surface area contributed by atoms with Crippen LogP contribution in [0.4, 0.5) is 10.8 Å². The fourth-order valence-electron chi connectivity index (χ4n) is 4.75. The van der Waals surface area contributed by atoms with E-state index in [9.17, 15) is 4.79 Å². The van der Waals surface area contributed by atoms with E-state index in [1.54, 1.807) is 11.3 Å².